The second-order valence-electron chi connectivity index (χ2n) is 5.32. The highest BCUT2D eigenvalue weighted by Gasteiger charge is 2.23. The highest BCUT2D eigenvalue weighted by Crippen LogP contribution is 2.23. The summed E-state index contributed by atoms with van der Waals surface area (Å²) in [6.45, 7) is 1.58. The molecule has 2 heterocycles. The van der Waals surface area contributed by atoms with Crippen molar-refractivity contribution in [1.29, 1.82) is 0 Å². The molecule has 1 aliphatic rings. The number of benzene rings is 1. The van der Waals surface area contributed by atoms with Crippen LogP contribution < -0.4 is 10.5 Å². The fourth-order valence-corrected chi connectivity index (χ4v) is 2.54. The van der Waals surface area contributed by atoms with Gasteiger partial charge in [0.15, 0.2) is 11.6 Å². The van der Waals surface area contributed by atoms with Crippen molar-refractivity contribution in [1.82, 2.24) is 9.78 Å². The van der Waals surface area contributed by atoms with E-state index in [0.717, 1.165) is 6.42 Å². The summed E-state index contributed by atoms with van der Waals surface area (Å²) >= 11 is 5.81. The molecule has 0 radical (unpaired) electrons. The van der Waals surface area contributed by atoms with Gasteiger partial charge >= 0.3 is 0 Å². The van der Waals surface area contributed by atoms with Crippen molar-refractivity contribution in [3.05, 3.63) is 41.4 Å². The predicted molar refractivity (Wildman–Crippen MR) is 80.9 cm³/mol. The molecule has 1 saturated heterocycles. The number of nitrogens with two attached hydrogens (primary N) is 1. The number of hydrogen-bond donors (Lipinski definition) is 1. The quantitative estimate of drug-likeness (QED) is 0.937. The molecule has 0 saturated carbocycles. The molecule has 2 N–H and O–H groups in total. The van der Waals surface area contributed by atoms with Gasteiger partial charge in [-0.1, -0.05) is 11.6 Å². The van der Waals surface area contributed by atoms with E-state index in [2.05, 4.69) is 5.10 Å². The molecule has 1 fully saturated rings. The highest BCUT2D eigenvalue weighted by molar-refractivity contribution is 6.30. The van der Waals surface area contributed by atoms with E-state index < -0.39 is 5.82 Å². The monoisotopic (exact) mass is 325 g/mol. The fourth-order valence-electron chi connectivity index (χ4n) is 2.40. The molecule has 22 heavy (non-hydrogen) atoms. The third kappa shape index (κ3) is 3.40. The van der Waals surface area contributed by atoms with Crippen LogP contribution in [-0.4, -0.2) is 35.6 Å². The Labute approximate surface area is 132 Å². The number of aromatic nitrogens is 2. The molecule has 0 unspecified atom stereocenters. The van der Waals surface area contributed by atoms with Crippen LogP contribution in [0.1, 0.15) is 6.42 Å². The molecule has 0 amide bonds. The second-order valence-corrected chi connectivity index (χ2v) is 5.75. The van der Waals surface area contributed by atoms with E-state index in [1.54, 1.807) is 18.3 Å². The van der Waals surface area contributed by atoms with Gasteiger partial charge in [0.2, 0.25) is 0 Å². The second kappa shape index (κ2) is 6.64. The lowest BCUT2D eigenvalue weighted by molar-refractivity contribution is 0.0322. The van der Waals surface area contributed by atoms with Gasteiger partial charge in [-0.05, 0) is 18.6 Å². The van der Waals surface area contributed by atoms with Gasteiger partial charge in [-0.2, -0.15) is 5.10 Å². The maximum absolute atomic E-state index is 14.1. The van der Waals surface area contributed by atoms with E-state index in [0.29, 0.717) is 30.5 Å². The molecule has 2 aromatic rings. The average Bonchev–Trinajstić information content (AvgIpc) is 2.94. The van der Waals surface area contributed by atoms with Crippen LogP contribution in [0, 0.1) is 11.7 Å². The van der Waals surface area contributed by atoms with Crippen LogP contribution in [0.3, 0.4) is 0 Å². The van der Waals surface area contributed by atoms with Gasteiger partial charge in [0, 0.05) is 30.8 Å². The summed E-state index contributed by atoms with van der Waals surface area (Å²) in [5.74, 6) is -0.0526. The zero-order valence-corrected chi connectivity index (χ0v) is 12.7. The Morgan fingerprint density at radius 1 is 1.50 bits per heavy atom. The average molecular weight is 326 g/mol. The number of halogens is 2. The number of hydrogen-bond acceptors (Lipinski definition) is 4. The molecule has 1 aromatic carbocycles. The van der Waals surface area contributed by atoms with Crippen molar-refractivity contribution < 1.29 is 13.9 Å². The maximum atomic E-state index is 14.1. The van der Waals surface area contributed by atoms with Crippen molar-refractivity contribution in [2.24, 2.45) is 11.7 Å². The van der Waals surface area contributed by atoms with Gasteiger partial charge in [0.05, 0.1) is 30.1 Å². The SMILES string of the molecule is N[C@H]1COCC[C@@H]1COc1ccc(-n2cc(Cl)cn2)cc1F. The molecule has 7 heteroatoms. The zero-order valence-electron chi connectivity index (χ0n) is 11.9. The highest BCUT2D eigenvalue weighted by atomic mass is 35.5. The summed E-state index contributed by atoms with van der Waals surface area (Å²) < 4.78 is 26.5. The van der Waals surface area contributed by atoms with Gasteiger partial charge in [-0.3, -0.25) is 0 Å². The van der Waals surface area contributed by atoms with Crippen molar-refractivity contribution in [3.8, 4) is 11.4 Å². The number of nitrogens with zero attached hydrogens (tertiary/aromatic N) is 2. The Kier molecular flexibility index (Phi) is 4.61. The number of ether oxygens (including phenoxy) is 2. The summed E-state index contributed by atoms with van der Waals surface area (Å²) in [4.78, 5) is 0. The number of rotatable bonds is 4. The lowest BCUT2D eigenvalue weighted by atomic mass is 9.97. The van der Waals surface area contributed by atoms with Crippen LogP contribution in [0.4, 0.5) is 4.39 Å². The van der Waals surface area contributed by atoms with E-state index in [1.165, 1.54) is 16.9 Å². The molecular weight excluding hydrogens is 309 g/mol. The fraction of sp³-hybridized carbons (Fsp3) is 0.400. The van der Waals surface area contributed by atoms with E-state index >= 15 is 0 Å². The van der Waals surface area contributed by atoms with E-state index in [1.807, 2.05) is 0 Å². The van der Waals surface area contributed by atoms with E-state index in [4.69, 9.17) is 26.8 Å². The van der Waals surface area contributed by atoms with Gasteiger partial charge < -0.3 is 15.2 Å². The molecule has 0 aliphatic carbocycles. The van der Waals surface area contributed by atoms with Crippen molar-refractivity contribution in [3.63, 3.8) is 0 Å². The molecular formula is C15H17ClFN3O2. The minimum Gasteiger partial charge on any atom is -0.490 e. The lowest BCUT2D eigenvalue weighted by Gasteiger charge is -2.28. The normalized spacial score (nSPS) is 21.8. The minimum absolute atomic E-state index is 0.0673. The zero-order chi connectivity index (χ0) is 15.5. The van der Waals surface area contributed by atoms with Gasteiger partial charge in [-0.25, -0.2) is 9.07 Å². The van der Waals surface area contributed by atoms with Crippen molar-refractivity contribution in [2.75, 3.05) is 19.8 Å². The molecule has 1 aromatic heterocycles. The molecule has 0 spiro atoms. The molecule has 3 rings (SSSR count). The molecule has 0 bridgehead atoms. The van der Waals surface area contributed by atoms with Crippen LogP contribution in [-0.2, 0) is 4.74 Å². The van der Waals surface area contributed by atoms with E-state index in [-0.39, 0.29) is 17.7 Å². The maximum Gasteiger partial charge on any atom is 0.167 e. The topological polar surface area (TPSA) is 62.3 Å². The van der Waals surface area contributed by atoms with Crippen LogP contribution >= 0.6 is 11.6 Å². The van der Waals surface area contributed by atoms with Crippen LogP contribution in [0.25, 0.3) is 5.69 Å². The Bertz CT molecular complexity index is 649. The summed E-state index contributed by atoms with van der Waals surface area (Å²) in [5.41, 5.74) is 6.54. The summed E-state index contributed by atoms with van der Waals surface area (Å²) in [5, 5.41) is 4.53. The van der Waals surface area contributed by atoms with Crippen LogP contribution in [0.2, 0.25) is 5.02 Å². The molecule has 1 aliphatic heterocycles. The molecule has 2 atom stereocenters. The first-order valence-corrected chi connectivity index (χ1v) is 7.47. The molecule has 118 valence electrons. The summed E-state index contributed by atoms with van der Waals surface area (Å²) in [6, 6.07) is 4.61. The minimum atomic E-state index is -0.440. The van der Waals surface area contributed by atoms with Gasteiger partial charge in [-0.15, -0.1) is 0 Å². The Hall–Kier alpha value is -1.63. The third-order valence-corrected chi connectivity index (χ3v) is 3.93. The van der Waals surface area contributed by atoms with E-state index in [9.17, 15) is 4.39 Å². The van der Waals surface area contributed by atoms with Crippen molar-refractivity contribution in [2.45, 2.75) is 12.5 Å². The van der Waals surface area contributed by atoms with Gasteiger partial charge in [0.1, 0.15) is 0 Å². The summed E-state index contributed by atoms with van der Waals surface area (Å²) in [7, 11) is 0. The first kappa shape index (κ1) is 15.3. The van der Waals surface area contributed by atoms with Crippen LogP contribution in [0.5, 0.6) is 5.75 Å². The first-order valence-electron chi connectivity index (χ1n) is 7.09. The standard InChI is InChI=1S/C15H17ClFN3O2/c16-11-6-19-20(7-11)12-1-2-15(13(17)5-12)22-8-10-3-4-21-9-14(10)18/h1-2,5-7,10,14H,3-4,8-9,18H2/t10-,14+/m1/s1. The first-order chi connectivity index (χ1) is 10.6. The van der Waals surface area contributed by atoms with Gasteiger partial charge in [0.25, 0.3) is 0 Å². The summed E-state index contributed by atoms with van der Waals surface area (Å²) in [6.07, 6.45) is 3.93. The predicted octanol–water partition coefficient (Wildman–Crippen LogP) is 2.41. The Morgan fingerprint density at radius 3 is 3.05 bits per heavy atom. The Balaban J connectivity index is 1.67. The smallest absolute Gasteiger partial charge is 0.167 e. The Morgan fingerprint density at radius 2 is 2.36 bits per heavy atom. The largest absolute Gasteiger partial charge is 0.490 e. The third-order valence-electron chi connectivity index (χ3n) is 3.73. The lowest BCUT2D eigenvalue weighted by Crippen LogP contribution is -2.42. The van der Waals surface area contributed by atoms with Crippen LogP contribution in [0.15, 0.2) is 30.6 Å². The molecule has 5 nitrogen and oxygen atoms in total. The van der Waals surface area contributed by atoms with Crippen molar-refractivity contribution >= 4 is 11.6 Å².